The van der Waals surface area contributed by atoms with Crippen molar-refractivity contribution in [3.8, 4) is 5.75 Å². The van der Waals surface area contributed by atoms with Gasteiger partial charge in [0.05, 0.1) is 45.9 Å². The first kappa shape index (κ1) is 18.9. The van der Waals surface area contributed by atoms with E-state index >= 15 is 0 Å². The van der Waals surface area contributed by atoms with Gasteiger partial charge in [0, 0.05) is 10.0 Å². The van der Waals surface area contributed by atoms with Crippen molar-refractivity contribution in [2.75, 3.05) is 40.0 Å². The predicted octanol–water partition coefficient (Wildman–Crippen LogP) is 2.02. The van der Waals surface area contributed by atoms with Crippen molar-refractivity contribution >= 4 is 33.5 Å². The van der Waals surface area contributed by atoms with Crippen LogP contribution in [0.3, 0.4) is 0 Å². The number of nitrogens with zero attached hydrogens (tertiary/aromatic N) is 4. The van der Waals surface area contributed by atoms with E-state index in [1.54, 1.807) is 18.2 Å². The number of hydrogen-bond donors (Lipinski definition) is 1. The van der Waals surface area contributed by atoms with Gasteiger partial charge in [-0.2, -0.15) is 0 Å². The van der Waals surface area contributed by atoms with Crippen LogP contribution in [0.5, 0.6) is 5.75 Å². The number of carbonyl (C=O) groups is 1. The topological polar surface area (TPSA) is 59.5 Å². The third-order valence-corrected chi connectivity index (χ3v) is 5.00. The maximum Gasteiger partial charge on any atom is 0.344 e. The minimum absolute atomic E-state index is 0.279. The molecule has 0 spiro atoms. The van der Waals surface area contributed by atoms with Crippen LogP contribution in [-0.4, -0.2) is 76.8 Å². The molecule has 1 aromatic carbocycles. The molecule has 0 aromatic heterocycles. The maximum atomic E-state index is 10.6. The Bertz CT molecular complexity index is 577. The lowest BCUT2D eigenvalue weighted by atomic mass is 10.2. The average molecular weight is 434 g/mol. The molecule has 0 aliphatic carbocycles. The van der Waals surface area contributed by atoms with E-state index in [0.717, 1.165) is 10.0 Å². The van der Waals surface area contributed by atoms with Crippen LogP contribution in [0.15, 0.2) is 22.7 Å². The zero-order valence-electron chi connectivity index (χ0n) is 14.1. The summed E-state index contributed by atoms with van der Waals surface area (Å²) < 4.78 is 6.13. The first-order valence-corrected chi connectivity index (χ1v) is 9.40. The van der Waals surface area contributed by atoms with Crippen molar-refractivity contribution in [3.63, 3.8) is 0 Å². The van der Waals surface area contributed by atoms with Crippen molar-refractivity contribution in [2.24, 2.45) is 0 Å². The fourth-order valence-electron chi connectivity index (χ4n) is 3.24. The molecular formula is C16H22BrClN4O3. The summed E-state index contributed by atoms with van der Waals surface area (Å²) in [5.41, 5.74) is 0.763. The van der Waals surface area contributed by atoms with Gasteiger partial charge < -0.3 is 9.84 Å². The molecule has 0 radical (unpaired) electrons. The highest BCUT2D eigenvalue weighted by molar-refractivity contribution is 9.10. The lowest BCUT2D eigenvalue weighted by Crippen LogP contribution is -2.71. The van der Waals surface area contributed by atoms with E-state index < -0.39 is 12.1 Å². The van der Waals surface area contributed by atoms with Gasteiger partial charge in [-0.1, -0.05) is 15.9 Å². The van der Waals surface area contributed by atoms with Crippen molar-refractivity contribution in [2.45, 2.75) is 18.9 Å². The zero-order valence-corrected chi connectivity index (χ0v) is 16.4. The number of hydrogen-bond acceptors (Lipinski definition) is 6. The summed E-state index contributed by atoms with van der Waals surface area (Å²) in [4.78, 5) is 20.5. The number of carboxylic acid groups (broad SMARTS) is 1. The fourth-order valence-corrected chi connectivity index (χ4v) is 3.86. The third kappa shape index (κ3) is 4.84. The van der Waals surface area contributed by atoms with Crippen LogP contribution in [0.2, 0.25) is 0 Å². The van der Waals surface area contributed by atoms with Gasteiger partial charge in [-0.15, -0.1) is 11.6 Å². The Balaban J connectivity index is 0.000000155. The number of alkyl halides is 1. The van der Waals surface area contributed by atoms with Gasteiger partial charge in [-0.25, -0.2) is 4.79 Å². The molecule has 25 heavy (non-hydrogen) atoms. The normalized spacial score (nSPS) is 30.4. The first-order valence-electron chi connectivity index (χ1n) is 8.08. The highest BCUT2D eigenvalue weighted by Crippen LogP contribution is 2.25. The molecule has 1 N–H and O–H groups in total. The smallest absolute Gasteiger partial charge is 0.344 e. The quantitative estimate of drug-likeness (QED) is 0.729. The Hall–Kier alpha value is -0.900. The largest absolute Gasteiger partial charge is 0.479 e. The van der Waals surface area contributed by atoms with Crippen molar-refractivity contribution in [3.05, 3.63) is 28.2 Å². The molecule has 1 aromatic rings. The summed E-state index contributed by atoms with van der Waals surface area (Å²) in [5.74, 6) is -0.220. The van der Waals surface area contributed by atoms with Crippen molar-refractivity contribution in [1.29, 1.82) is 0 Å². The second-order valence-corrected chi connectivity index (χ2v) is 7.70. The lowest BCUT2D eigenvalue weighted by molar-refractivity contribution is -0.194. The number of carboxylic acids is 1. The Morgan fingerprint density at radius 2 is 1.64 bits per heavy atom. The van der Waals surface area contributed by atoms with E-state index in [-0.39, 0.29) is 5.88 Å². The van der Waals surface area contributed by atoms with Gasteiger partial charge in [0.1, 0.15) is 5.75 Å². The second kappa shape index (κ2) is 8.20. The Labute approximate surface area is 160 Å². The summed E-state index contributed by atoms with van der Waals surface area (Å²) in [5, 5.41) is 8.69. The molecule has 4 fully saturated rings. The van der Waals surface area contributed by atoms with Crippen molar-refractivity contribution < 1.29 is 14.6 Å². The van der Waals surface area contributed by atoms with Gasteiger partial charge in [0.2, 0.25) is 0 Å². The number of aliphatic carboxylic acids is 1. The van der Waals surface area contributed by atoms with Gasteiger partial charge in [0.15, 0.2) is 6.10 Å². The molecule has 4 heterocycles. The molecule has 9 heteroatoms. The molecule has 1 unspecified atom stereocenters. The Morgan fingerprint density at radius 1 is 1.16 bits per heavy atom. The molecule has 4 saturated heterocycles. The summed E-state index contributed by atoms with van der Waals surface area (Å²) in [6.07, 6.45) is -0.881. The van der Waals surface area contributed by atoms with E-state index in [9.17, 15) is 4.79 Å². The van der Waals surface area contributed by atoms with E-state index in [2.05, 4.69) is 35.5 Å². The molecule has 0 amide bonds. The summed E-state index contributed by atoms with van der Waals surface area (Å²) >= 11 is 9.02. The molecular weight excluding hydrogens is 412 g/mol. The van der Waals surface area contributed by atoms with E-state index in [0.29, 0.717) is 5.75 Å². The lowest BCUT2D eigenvalue weighted by Gasteiger charge is -2.56. The molecule has 5 rings (SSSR count). The van der Waals surface area contributed by atoms with Crippen LogP contribution in [0.25, 0.3) is 0 Å². The second-order valence-electron chi connectivity index (χ2n) is 6.52. The minimum atomic E-state index is -1.00. The summed E-state index contributed by atoms with van der Waals surface area (Å²) in [6.45, 7) is 8.60. The van der Waals surface area contributed by atoms with Gasteiger partial charge in [0.25, 0.3) is 0 Å². The zero-order chi connectivity index (χ0) is 18.0. The number of ether oxygens (including phenoxy) is 1. The van der Waals surface area contributed by atoms with E-state index in [1.165, 1.54) is 46.9 Å². The first-order chi connectivity index (χ1) is 11.9. The number of benzene rings is 1. The molecule has 138 valence electrons. The Kier molecular flexibility index (Phi) is 6.19. The maximum absolute atomic E-state index is 10.6. The van der Waals surface area contributed by atoms with Gasteiger partial charge in [-0.05, 0) is 25.1 Å². The third-order valence-electron chi connectivity index (χ3n) is 4.22. The number of rotatable bonds is 4. The average Bonchev–Trinajstić information content (AvgIpc) is 2.55. The highest BCUT2D eigenvalue weighted by Gasteiger charge is 2.36. The molecule has 7 nitrogen and oxygen atoms in total. The molecule has 1 atom stereocenters. The SMILES string of the molecule is C1N2CN3CN1CN(C2)C3.CC(Oc1ccc(Br)cc1CCl)C(=O)O. The molecule has 4 aliphatic rings. The standard InChI is InChI=1S/C10H10BrClO3.C6H12N4/c1-6(10(13)14)15-9-3-2-8(11)4-7(9)5-12;1-7-2-9-4-8(1)5-10(3-7)6-9/h2-4,6H,5H2,1H3,(H,13,14);1-6H2. The van der Waals surface area contributed by atoms with Crippen LogP contribution >= 0.6 is 27.5 Å². The molecule has 4 aliphatic heterocycles. The van der Waals surface area contributed by atoms with Crippen molar-refractivity contribution in [1.82, 2.24) is 19.6 Å². The summed E-state index contributed by atoms with van der Waals surface area (Å²) in [6, 6.07) is 5.28. The highest BCUT2D eigenvalue weighted by atomic mass is 79.9. The minimum Gasteiger partial charge on any atom is -0.479 e. The van der Waals surface area contributed by atoms with E-state index in [1.807, 2.05) is 0 Å². The van der Waals surface area contributed by atoms with Crippen LogP contribution in [0.4, 0.5) is 0 Å². The monoisotopic (exact) mass is 432 g/mol. The molecule has 4 bridgehead atoms. The van der Waals surface area contributed by atoms with Gasteiger partial charge >= 0.3 is 5.97 Å². The summed E-state index contributed by atoms with van der Waals surface area (Å²) in [7, 11) is 0. The van der Waals surface area contributed by atoms with Crippen LogP contribution in [0.1, 0.15) is 12.5 Å². The number of halogens is 2. The van der Waals surface area contributed by atoms with E-state index in [4.69, 9.17) is 21.4 Å². The van der Waals surface area contributed by atoms with Crippen LogP contribution in [-0.2, 0) is 10.7 Å². The van der Waals surface area contributed by atoms with Gasteiger partial charge in [-0.3, -0.25) is 19.6 Å². The van der Waals surface area contributed by atoms with Crippen LogP contribution < -0.4 is 4.74 Å². The predicted molar refractivity (Wildman–Crippen MR) is 98.0 cm³/mol. The Morgan fingerprint density at radius 3 is 2.04 bits per heavy atom. The molecule has 0 saturated carbocycles. The fraction of sp³-hybridized carbons (Fsp3) is 0.562. The van der Waals surface area contributed by atoms with Crippen LogP contribution in [0, 0.1) is 0 Å².